The van der Waals surface area contributed by atoms with E-state index in [1.165, 1.54) is 12.1 Å². The van der Waals surface area contributed by atoms with Gasteiger partial charge >= 0.3 is 0 Å². The van der Waals surface area contributed by atoms with Crippen LogP contribution in [0.1, 0.15) is 28.7 Å². The maximum absolute atomic E-state index is 13.2. The van der Waals surface area contributed by atoms with Gasteiger partial charge in [0.25, 0.3) is 0 Å². The molecular weight excluding hydrogens is 312 g/mol. The van der Waals surface area contributed by atoms with Crippen molar-refractivity contribution in [2.24, 2.45) is 5.73 Å². The lowest BCUT2D eigenvalue weighted by atomic mass is 9.87. The number of hydrogen-bond donors (Lipinski definition) is 2. The second-order valence-electron chi connectivity index (χ2n) is 4.92. The Morgan fingerprint density at radius 2 is 1.81 bits per heavy atom. The zero-order valence-electron chi connectivity index (χ0n) is 11.5. The van der Waals surface area contributed by atoms with Crippen LogP contribution >= 0.6 is 23.2 Å². The number of aliphatic hydroxyl groups is 1. The van der Waals surface area contributed by atoms with E-state index in [9.17, 15) is 9.50 Å². The van der Waals surface area contributed by atoms with Gasteiger partial charge in [-0.2, -0.15) is 0 Å². The van der Waals surface area contributed by atoms with Gasteiger partial charge in [0.2, 0.25) is 0 Å². The van der Waals surface area contributed by atoms with Crippen LogP contribution < -0.4 is 5.73 Å². The van der Waals surface area contributed by atoms with Crippen molar-refractivity contribution in [3.63, 3.8) is 0 Å². The average molecular weight is 328 g/mol. The lowest BCUT2D eigenvalue weighted by Crippen LogP contribution is -2.21. The monoisotopic (exact) mass is 327 g/mol. The Morgan fingerprint density at radius 1 is 1.19 bits per heavy atom. The SMILES string of the molecule is Cc1cc(F)ccc1C(O)C(CN)c1c(Cl)cccc1Cl. The molecule has 0 saturated heterocycles. The number of hydrogen-bond acceptors (Lipinski definition) is 2. The number of aliphatic hydroxyl groups excluding tert-OH is 1. The molecule has 5 heteroatoms. The topological polar surface area (TPSA) is 46.2 Å². The largest absolute Gasteiger partial charge is 0.388 e. The molecule has 0 spiro atoms. The van der Waals surface area contributed by atoms with Crippen molar-refractivity contribution in [3.8, 4) is 0 Å². The first-order chi connectivity index (χ1) is 9.95. The lowest BCUT2D eigenvalue weighted by Gasteiger charge is -2.25. The Kier molecular flexibility index (Phi) is 5.22. The van der Waals surface area contributed by atoms with Gasteiger partial charge in [-0.05, 0) is 47.9 Å². The van der Waals surface area contributed by atoms with E-state index in [-0.39, 0.29) is 12.4 Å². The molecule has 2 aromatic rings. The summed E-state index contributed by atoms with van der Waals surface area (Å²) in [5.41, 5.74) is 7.69. The highest BCUT2D eigenvalue weighted by molar-refractivity contribution is 6.36. The lowest BCUT2D eigenvalue weighted by molar-refractivity contribution is 0.146. The fourth-order valence-electron chi connectivity index (χ4n) is 2.46. The molecule has 21 heavy (non-hydrogen) atoms. The third-order valence-corrected chi connectivity index (χ3v) is 4.22. The number of benzene rings is 2. The molecule has 0 saturated carbocycles. The van der Waals surface area contributed by atoms with Crippen molar-refractivity contribution in [1.82, 2.24) is 0 Å². The van der Waals surface area contributed by atoms with E-state index in [0.29, 0.717) is 26.7 Å². The highest BCUT2D eigenvalue weighted by Crippen LogP contribution is 2.39. The number of rotatable bonds is 4. The highest BCUT2D eigenvalue weighted by atomic mass is 35.5. The molecule has 2 rings (SSSR count). The first-order valence-corrected chi connectivity index (χ1v) is 7.29. The van der Waals surface area contributed by atoms with Crippen LogP contribution in [0.4, 0.5) is 4.39 Å². The van der Waals surface area contributed by atoms with E-state index in [1.54, 1.807) is 31.2 Å². The highest BCUT2D eigenvalue weighted by Gasteiger charge is 2.26. The quantitative estimate of drug-likeness (QED) is 0.883. The Hall–Kier alpha value is -1.13. The van der Waals surface area contributed by atoms with Crippen molar-refractivity contribution in [3.05, 3.63) is 69.0 Å². The third-order valence-electron chi connectivity index (χ3n) is 3.56. The van der Waals surface area contributed by atoms with E-state index in [4.69, 9.17) is 28.9 Å². The second kappa shape index (κ2) is 6.75. The molecule has 112 valence electrons. The van der Waals surface area contributed by atoms with Crippen LogP contribution in [0.3, 0.4) is 0 Å². The predicted molar refractivity (Wildman–Crippen MR) is 84.4 cm³/mol. The van der Waals surface area contributed by atoms with Gasteiger partial charge in [0, 0.05) is 22.5 Å². The summed E-state index contributed by atoms with van der Waals surface area (Å²) in [6.45, 7) is 1.91. The summed E-state index contributed by atoms with van der Waals surface area (Å²) in [7, 11) is 0. The summed E-state index contributed by atoms with van der Waals surface area (Å²) < 4.78 is 13.2. The average Bonchev–Trinajstić information content (AvgIpc) is 2.42. The first-order valence-electron chi connectivity index (χ1n) is 6.53. The molecule has 2 aromatic carbocycles. The molecule has 2 nitrogen and oxygen atoms in total. The van der Waals surface area contributed by atoms with Gasteiger partial charge < -0.3 is 10.8 Å². The van der Waals surface area contributed by atoms with E-state index >= 15 is 0 Å². The minimum absolute atomic E-state index is 0.168. The molecule has 0 aliphatic heterocycles. The van der Waals surface area contributed by atoms with E-state index in [0.717, 1.165) is 0 Å². The van der Waals surface area contributed by atoms with E-state index in [1.807, 2.05) is 0 Å². The molecule has 2 atom stereocenters. The molecule has 0 aromatic heterocycles. The zero-order chi connectivity index (χ0) is 15.6. The van der Waals surface area contributed by atoms with E-state index in [2.05, 4.69) is 0 Å². The smallest absolute Gasteiger partial charge is 0.123 e. The zero-order valence-corrected chi connectivity index (χ0v) is 13.0. The third kappa shape index (κ3) is 3.38. The van der Waals surface area contributed by atoms with Gasteiger partial charge in [0.15, 0.2) is 0 Å². The number of nitrogens with two attached hydrogens (primary N) is 1. The minimum atomic E-state index is -0.909. The van der Waals surface area contributed by atoms with Crippen LogP contribution in [0.15, 0.2) is 36.4 Å². The van der Waals surface area contributed by atoms with Crippen molar-refractivity contribution in [2.45, 2.75) is 18.9 Å². The summed E-state index contributed by atoms with van der Waals surface area (Å²) in [6.07, 6.45) is -0.909. The van der Waals surface area contributed by atoms with Crippen molar-refractivity contribution >= 4 is 23.2 Å². The number of aryl methyl sites for hydroxylation is 1. The van der Waals surface area contributed by atoms with Crippen LogP contribution in [0.2, 0.25) is 10.0 Å². The maximum Gasteiger partial charge on any atom is 0.123 e. The maximum atomic E-state index is 13.2. The molecule has 0 bridgehead atoms. The summed E-state index contributed by atoms with van der Waals surface area (Å²) in [5.74, 6) is -0.807. The van der Waals surface area contributed by atoms with Gasteiger partial charge in [0.1, 0.15) is 5.82 Å². The summed E-state index contributed by atoms with van der Waals surface area (Å²) in [6, 6.07) is 9.39. The first kappa shape index (κ1) is 16.2. The molecular formula is C16H16Cl2FNO. The van der Waals surface area contributed by atoms with Gasteiger partial charge in [-0.15, -0.1) is 0 Å². The van der Waals surface area contributed by atoms with Gasteiger partial charge in [-0.3, -0.25) is 0 Å². The normalized spacial score (nSPS) is 14.0. The van der Waals surface area contributed by atoms with Crippen molar-refractivity contribution in [2.75, 3.05) is 6.54 Å². The number of halogens is 3. The van der Waals surface area contributed by atoms with Crippen LogP contribution in [-0.2, 0) is 0 Å². The molecule has 0 fully saturated rings. The molecule has 0 radical (unpaired) electrons. The fraction of sp³-hybridized carbons (Fsp3) is 0.250. The summed E-state index contributed by atoms with van der Waals surface area (Å²) >= 11 is 12.4. The Balaban J connectivity index is 2.46. The van der Waals surface area contributed by atoms with E-state index < -0.39 is 12.0 Å². The molecule has 0 aliphatic carbocycles. The van der Waals surface area contributed by atoms with Crippen molar-refractivity contribution < 1.29 is 9.50 Å². The van der Waals surface area contributed by atoms with Crippen LogP contribution in [0.25, 0.3) is 0 Å². The summed E-state index contributed by atoms with van der Waals surface area (Å²) in [5, 5.41) is 11.5. The molecule has 0 amide bonds. The Labute approximate surface area is 133 Å². The Morgan fingerprint density at radius 3 is 2.33 bits per heavy atom. The predicted octanol–water partition coefficient (Wildman–Crippen LogP) is 4.22. The second-order valence-corrected chi connectivity index (χ2v) is 5.74. The standard InChI is InChI=1S/C16H16Cl2FNO/c1-9-7-10(19)5-6-11(9)16(21)12(8-20)15-13(17)3-2-4-14(15)18/h2-7,12,16,21H,8,20H2,1H3. The van der Waals surface area contributed by atoms with Crippen molar-refractivity contribution in [1.29, 1.82) is 0 Å². The van der Waals surface area contributed by atoms with Gasteiger partial charge in [-0.1, -0.05) is 35.3 Å². The molecule has 3 N–H and O–H groups in total. The molecule has 0 heterocycles. The van der Waals surface area contributed by atoms with Gasteiger partial charge in [0.05, 0.1) is 6.10 Å². The van der Waals surface area contributed by atoms with Gasteiger partial charge in [-0.25, -0.2) is 4.39 Å². The Bertz CT molecular complexity index is 628. The van der Waals surface area contributed by atoms with Crippen LogP contribution in [0, 0.1) is 12.7 Å². The van der Waals surface area contributed by atoms with Crippen LogP contribution in [0.5, 0.6) is 0 Å². The molecule has 0 aliphatic rings. The fourth-order valence-corrected chi connectivity index (χ4v) is 3.14. The molecule has 2 unspecified atom stereocenters. The summed E-state index contributed by atoms with van der Waals surface area (Å²) in [4.78, 5) is 0. The minimum Gasteiger partial charge on any atom is -0.388 e. The van der Waals surface area contributed by atoms with Crippen LogP contribution in [-0.4, -0.2) is 11.7 Å².